The molecule has 0 bridgehead atoms. The van der Waals surface area contributed by atoms with Crippen molar-refractivity contribution in [1.82, 2.24) is 0 Å². The summed E-state index contributed by atoms with van der Waals surface area (Å²) in [6.45, 7) is 0.525. The Morgan fingerprint density at radius 1 is 1.64 bits per heavy atom. The Bertz CT molecular complexity index is 353. The normalized spacial score (nSPS) is 11.7. The molecule has 1 rings (SSSR count). The Hall–Kier alpha value is -1.07. The van der Waals surface area contributed by atoms with Gasteiger partial charge in [-0.3, -0.25) is 0 Å². The number of nitrogens with zero attached hydrogens (tertiary/aromatic N) is 1. The first-order chi connectivity index (χ1) is 6.69. The standard InChI is InChI=1S/C9H11BrN2O2/c1-14-5-7-3-2-6(4-8(7)10)9(11)12-13/h2-4,13H,5H2,1H3,(H2,11,12). The van der Waals surface area contributed by atoms with Gasteiger partial charge in [-0.15, -0.1) is 0 Å². The molecule has 0 fully saturated rings. The molecule has 0 atom stereocenters. The van der Waals surface area contributed by atoms with Crippen LogP contribution in [0.15, 0.2) is 27.8 Å². The number of hydrogen-bond acceptors (Lipinski definition) is 3. The number of nitrogens with two attached hydrogens (primary N) is 1. The van der Waals surface area contributed by atoms with Gasteiger partial charge in [-0.1, -0.05) is 33.2 Å². The van der Waals surface area contributed by atoms with Crippen LogP contribution in [0.5, 0.6) is 0 Å². The molecule has 0 aliphatic heterocycles. The van der Waals surface area contributed by atoms with E-state index in [2.05, 4.69) is 21.1 Å². The van der Waals surface area contributed by atoms with Gasteiger partial charge in [0.1, 0.15) is 0 Å². The zero-order valence-electron chi connectivity index (χ0n) is 7.70. The number of rotatable bonds is 3. The predicted octanol–water partition coefficient (Wildman–Crippen LogP) is 1.69. The van der Waals surface area contributed by atoms with E-state index in [9.17, 15) is 0 Å². The summed E-state index contributed by atoms with van der Waals surface area (Å²) in [6, 6.07) is 5.42. The van der Waals surface area contributed by atoms with Gasteiger partial charge in [0.05, 0.1) is 6.61 Å². The third-order valence-electron chi connectivity index (χ3n) is 1.76. The summed E-state index contributed by atoms with van der Waals surface area (Å²) in [7, 11) is 1.63. The fraction of sp³-hybridized carbons (Fsp3) is 0.222. The molecular formula is C9H11BrN2O2. The summed E-state index contributed by atoms with van der Waals surface area (Å²) < 4.78 is 5.87. The van der Waals surface area contributed by atoms with Crippen LogP contribution in [0.2, 0.25) is 0 Å². The Kier molecular flexibility index (Phi) is 3.91. The third-order valence-corrected chi connectivity index (χ3v) is 2.49. The van der Waals surface area contributed by atoms with Gasteiger partial charge < -0.3 is 15.7 Å². The van der Waals surface area contributed by atoms with E-state index in [-0.39, 0.29) is 5.84 Å². The highest BCUT2D eigenvalue weighted by molar-refractivity contribution is 9.10. The molecule has 0 spiro atoms. The zero-order chi connectivity index (χ0) is 10.6. The lowest BCUT2D eigenvalue weighted by Gasteiger charge is -2.05. The van der Waals surface area contributed by atoms with Crippen molar-refractivity contribution in [2.45, 2.75) is 6.61 Å². The summed E-state index contributed by atoms with van der Waals surface area (Å²) in [5.74, 6) is 0.0923. The minimum Gasteiger partial charge on any atom is -0.409 e. The van der Waals surface area contributed by atoms with Crippen LogP contribution >= 0.6 is 15.9 Å². The lowest BCUT2D eigenvalue weighted by molar-refractivity contribution is 0.184. The number of ether oxygens (including phenoxy) is 1. The Labute approximate surface area is 90.5 Å². The molecule has 0 unspecified atom stereocenters. The summed E-state index contributed by atoms with van der Waals surface area (Å²) in [6.07, 6.45) is 0. The molecule has 4 nitrogen and oxygen atoms in total. The van der Waals surface area contributed by atoms with E-state index >= 15 is 0 Å². The maximum Gasteiger partial charge on any atom is 0.170 e. The van der Waals surface area contributed by atoms with E-state index in [1.165, 1.54) is 0 Å². The maximum atomic E-state index is 8.47. The SMILES string of the molecule is COCc1ccc(/C(N)=N/O)cc1Br. The van der Waals surface area contributed by atoms with Crippen molar-refractivity contribution in [2.24, 2.45) is 10.9 Å². The van der Waals surface area contributed by atoms with E-state index in [0.717, 1.165) is 10.0 Å². The molecule has 1 aromatic carbocycles. The summed E-state index contributed by atoms with van der Waals surface area (Å²) in [5.41, 5.74) is 7.12. The highest BCUT2D eigenvalue weighted by Crippen LogP contribution is 2.19. The molecule has 0 radical (unpaired) electrons. The van der Waals surface area contributed by atoms with Gasteiger partial charge in [0.15, 0.2) is 5.84 Å². The van der Waals surface area contributed by atoms with Crippen molar-refractivity contribution in [3.05, 3.63) is 33.8 Å². The monoisotopic (exact) mass is 258 g/mol. The van der Waals surface area contributed by atoms with E-state index in [1.807, 2.05) is 6.07 Å². The van der Waals surface area contributed by atoms with Crippen molar-refractivity contribution in [2.75, 3.05) is 7.11 Å². The van der Waals surface area contributed by atoms with Crippen LogP contribution in [-0.4, -0.2) is 18.2 Å². The first-order valence-electron chi connectivity index (χ1n) is 3.94. The number of benzene rings is 1. The molecule has 0 saturated carbocycles. The van der Waals surface area contributed by atoms with Gasteiger partial charge in [-0.25, -0.2) is 0 Å². The molecule has 3 N–H and O–H groups in total. The average Bonchev–Trinajstić information content (AvgIpc) is 2.20. The summed E-state index contributed by atoms with van der Waals surface area (Å²) in [4.78, 5) is 0. The molecule has 0 aromatic heterocycles. The van der Waals surface area contributed by atoms with Gasteiger partial charge >= 0.3 is 0 Å². The van der Waals surface area contributed by atoms with Crippen LogP contribution in [0, 0.1) is 0 Å². The molecule has 0 heterocycles. The first-order valence-corrected chi connectivity index (χ1v) is 4.73. The molecular weight excluding hydrogens is 248 g/mol. The highest BCUT2D eigenvalue weighted by atomic mass is 79.9. The first kappa shape index (κ1) is 11.0. The predicted molar refractivity (Wildman–Crippen MR) is 57.4 cm³/mol. The van der Waals surface area contributed by atoms with Crippen molar-refractivity contribution >= 4 is 21.8 Å². The molecule has 0 aliphatic carbocycles. The number of hydrogen-bond donors (Lipinski definition) is 2. The van der Waals surface area contributed by atoms with Crippen LogP contribution in [0.3, 0.4) is 0 Å². The molecule has 0 aliphatic rings. The summed E-state index contributed by atoms with van der Waals surface area (Å²) >= 11 is 3.37. The van der Waals surface area contributed by atoms with Crippen LogP contribution in [0.25, 0.3) is 0 Å². The largest absolute Gasteiger partial charge is 0.409 e. The van der Waals surface area contributed by atoms with Crippen LogP contribution in [-0.2, 0) is 11.3 Å². The molecule has 0 saturated heterocycles. The Morgan fingerprint density at radius 2 is 2.36 bits per heavy atom. The van der Waals surface area contributed by atoms with Crippen LogP contribution in [0.1, 0.15) is 11.1 Å². The second kappa shape index (κ2) is 4.97. The number of methoxy groups -OCH3 is 1. The lowest BCUT2D eigenvalue weighted by Crippen LogP contribution is -2.13. The Balaban J connectivity index is 3.00. The average molecular weight is 259 g/mol. The van der Waals surface area contributed by atoms with E-state index in [0.29, 0.717) is 12.2 Å². The molecule has 76 valence electrons. The zero-order valence-corrected chi connectivity index (χ0v) is 9.28. The number of halogens is 1. The molecule has 1 aromatic rings. The molecule has 14 heavy (non-hydrogen) atoms. The van der Waals surface area contributed by atoms with Crippen molar-refractivity contribution in [1.29, 1.82) is 0 Å². The van der Waals surface area contributed by atoms with E-state index < -0.39 is 0 Å². The maximum absolute atomic E-state index is 8.47. The number of amidine groups is 1. The second-order valence-electron chi connectivity index (χ2n) is 2.72. The van der Waals surface area contributed by atoms with Crippen LogP contribution in [0.4, 0.5) is 0 Å². The fourth-order valence-corrected chi connectivity index (χ4v) is 1.53. The van der Waals surface area contributed by atoms with Gasteiger partial charge in [0.25, 0.3) is 0 Å². The highest BCUT2D eigenvalue weighted by Gasteiger charge is 2.03. The topological polar surface area (TPSA) is 67.8 Å². The fourth-order valence-electron chi connectivity index (χ4n) is 1.04. The second-order valence-corrected chi connectivity index (χ2v) is 3.58. The third kappa shape index (κ3) is 2.46. The van der Waals surface area contributed by atoms with Gasteiger partial charge in [-0.2, -0.15) is 0 Å². The minimum atomic E-state index is 0.0923. The number of oxime groups is 1. The van der Waals surface area contributed by atoms with Crippen molar-refractivity contribution < 1.29 is 9.94 Å². The van der Waals surface area contributed by atoms with E-state index in [1.54, 1.807) is 19.2 Å². The molecule has 0 amide bonds. The van der Waals surface area contributed by atoms with Gasteiger partial charge in [0, 0.05) is 17.1 Å². The lowest BCUT2D eigenvalue weighted by atomic mass is 10.1. The van der Waals surface area contributed by atoms with Gasteiger partial charge in [-0.05, 0) is 11.6 Å². The smallest absolute Gasteiger partial charge is 0.170 e. The Morgan fingerprint density at radius 3 is 2.86 bits per heavy atom. The summed E-state index contributed by atoms with van der Waals surface area (Å²) in [5, 5.41) is 11.4. The molecule has 5 heteroatoms. The quantitative estimate of drug-likeness (QED) is 0.375. The van der Waals surface area contributed by atoms with E-state index in [4.69, 9.17) is 15.7 Å². The van der Waals surface area contributed by atoms with Crippen LogP contribution < -0.4 is 5.73 Å². The van der Waals surface area contributed by atoms with Crippen molar-refractivity contribution in [3.63, 3.8) is 0 Å². The van der Waals surface area contributed by atoms with Gasteiger partial charge in [0.2, 0.25) is 0 Å². The van der Waals surface area contributed by atoms with Crippen molar-refractivity contribution in [3.8, 4) is 0 Å². The minimum absolute atomic E-state index is 0.0923.